The maximum Gasteiger partial charge on any atom is 0.268 e. The number of benzene rings is 2. The van der Waals surface area contributed by atoms with Gasteiger partial charge in [-0.3, -0.25) is 9.59 Å². The fourth-order valence-corrected chi connectivity index (χ4v) is 3.81. The second-order valence-electron chi connectivity index (χ2n) is 7.79. The van der Waals surface area contributed by atoms with Gasteiger partial charge in [-0.15, -0.1) is 0 Å². The molecule has 1 aliphatic rings. The topological polar surface area (TPSA) is 89.8 Å². The van der Waals surface area contributed by atoms with E-state index in [0.717, 1.165) is 22.9 Å². The molecule has 0 radical (unpaired) electrons. The van der Waals surface area contributed by atoms with Gasteiger partial charge in [0.2, 0.25) is 0 Å². The molecular weight excluding hydrogens is 500 g/mol. The fourth-order valence-electron chi connectivity index (χ4n) is 3.54. The number of nitrogens with one attached hydrogen (secondary N) is 2. The van der Waals surface area contributed by atoms with Gasteiger partial charge >= 0.3 is 0 Å². The van der Waals surface area contributed by atoms with Crippen molar-refractivity contribution < 1.29 is 23.5 Å². The third kappa shape index (κ3) is 6.15. The number of amides is 2. The summed E-state index contributed by atoms with van der Waals surface area (Å²) in [6.07, 6.45) is 3.37. The molecule has 8 heteroatoms. The molecule has 1 aliphatic heterocycles. The van der Waals surface area contributed by atoms with Gasteiger partial charge in [-0.25, -0.2) is 0 Å². The van der Waals surface area contributed by atoms with E-state index in [-0.39, 0.29) is 11.8 Å². The lowest BCUT2D eigenvalue weighted by Gasteiger charge is -2.13. The van der Waals surface area contributed by atoms with Gasteiger partial charge in [-0.1, -0.05) is 28.1 Å². The molecule has 3 aromatic rings. The SMILES string of the molecule is COc1ccc(C(=O)NC(=Cc2ccc(-c3ccc(Br)cc3)o2)C(=O)NCC2CCCO2)cc1. The van der Waals surface area contributed by atoms with Crippen LogP contribution in [-0.2, 0) is 9.53 Å². The van der Waals surface area contributed by atoms with Crippen LogP contribution in [0, 0.1) is 0 Å². The molecule has 4 rings (SSSR count). The maximum absolute atomic E-state index is 13.0. The molecule has 1 atom stereocenters. The number of furan rings is 1. The van der Waals surface area contributed by atoms with Gasteiger partial charge in [0.1, 0.15) is 23.0 Å². The summed E-state index contributed by atoms with van der Waals surface area (Å²) in [5.41, 5.74) is 1.37. The molecule has 2 N–H and O–H groups in total. The number of methoxy groups -OCH3 is 1. The lowest BCUT2D eigenvalue weighted by Crippen LogP contribution is -2.38. The van der Waals surface area contributed by atoms with Crippen LogP contribution in [0.3, 0.4) is 0 Å². The first-order chi connectivity index (χ1) is 16.5. The molecule has 2 amide bonds. The molecule has 0 saturated carbocycles. The van der Waals surface area contributed by atoms with Crippen molar-refractivity contribution in [2.45, 2.75) is 18.9 Å². The molecule has 34 heavy (non-hydrogen) atoms. The third-order valence-corrected chi connectivity index (χ3v) is 5.93. The number of hydrogen-bond acceptors (Lipinski definition) is 5. The molecule has 0 bridgehead atoms. The minimum Gasteiger partial charge on any atom is -0.497 e. The quantitative estimate of drug-likeness (QED) is 0.413. The highest BCUT2D eigenvalue weighted by atomic mass is 79.9. The maximum atomic E-state index is 13.0. The summed E-state index contributed by atoms with van der Waals surface area (Å²) in [5, 5.41) is 5.56. The standard InChI is InChI=1S/C26H25BrN2O5/c1-32-20-10-6-18(7-11-20)25(30)29-23(26(31)28-16-22-3-2-14-33-22)15-21-12-13-24(34-21)17-4-8-19(27)9-5-17/h4-13,15,22H,2-3,14,16H2,1H3,(H,28,31)(H,29,30). The largest absolute Gasteiger partial charge is 0.497 e. The molecule has 1 saturated heterocycles. The van der Waals surface area contributed by atoms with E-state index in [4.69, 9.17) is 13.9 Å². The number of ether oxygens (including phenoxy) is 2. The average molecular weight is 525 g/mol. The van der Waals surface area contributed by atoms with E-state index in [1.54, 1.807) is 37.4 Å². The fraction of sp³-hybridized carbons (Fsp3) is 0.231. The van der Waals surface area contributed by atoms with Crippen molar-refractivity contribution in [3.63, 3.8) is 0 Å². The second kappa shape index (κ2) is 11.2. The predicted octanol–water partition coefficient (Wildman–Crippen LogP) is 4.78. The van der Waals surface area contributed by atoms with Crippen LogP contribution < -0.4 is 15.4 Å². The monoisotopic (exact) mass is 524 g/mol. The minimum absolute atomic E-state index is 0.0184. The third-order valence-electron chi connectivity index (χ3n) is 5.40. The summed E-state index contributed by atoms with van der Waals surface area (Å²) in [7, 11) is 1.56. The van der Waals surface area contributed by atoms with Crippen LogP contribution in [0.5, 0.6) is 5.75 Å². The van der Waals surface area contributed by atoms with Gasteiger partial charge in [-0.05, 0) is 61.4 Å². The average Bonchev–Trinajstić information content (AvgIpc) is 3.55. The predicted molar refractivity (Wildman–Crippen MR) is 132 cm³/mol. The molecule has 1 unspecified atom stereocenters. The zero-order chi connectivity index (χ0) is 23.9. The first kappa shape index (κ1) is 23.8. The van der Waals surface area contributed by atoms with Gasteiger partial charge in [0.25, 0.3) is 11.8 Å². The van der Waals surface area contributed by atoms with Crippen LogP contribution in [0.25, 0.3) is 17.4 Å². The van der Waals surface area contributed by atoms with Crippen molar-refractivity contribution in [3.8, 4) is 17.1 Å². The Morgan fingerprint density at radius 3 is 2.53 bits per heavy atom. The van der Waals surface area contributed by atoms with E-state index in [9.17, 15) is 9.59 Å². The summed E-state index contributed by atoms with van der Waals surface area (Å²) in [5.74, 6) is 0.895. The van der Waals surface area contributed by atoms with Crippen molar-refractivity contribution in [3.05, 3.63) is 82.2 Å². The van der Waals surface area contributed by atoms with Crippen LogP contribution in [-0.4, -0.2) is 38.2 Å². The Kier molecular flexibility index (Phi) is 7.82. The Morgan fingerprint density at radius 2 is 1.85 bits per heavy atom. The van der Waals surface area contributed by atoms with E-state index >= 15 is 0 Å². The lowest BCUT2D eigenvalue weighted by molar-refractivity contribution is -0.118. The van der Waals surface area contributed by atoms with Gasteiger partial charge in [0, 0.05) is 34.8 Å². The molecule has 1 aromatic heterocycles. The Hall–Kier alpha value is -3.36. The zero-order valence-corrected chi connectivity index (χ0v) is 20.3. The molecule has 1 fully saturated rings. The Labute approximate surface area is 206 Å². The molecule has 7 nitrogen and oxygen atoms in total. The number of rotatable bonds is 8. The normalized spacial score (nSPS) is 15.7. The second-order valence-corrected chi connectivity index (χ2v) is 8.71. The van der Waals surface area contributed by atoms with Crippen LogP contribution in [0.1, 0.15) is 29.0 Å². The summed E-state index contributed by atoms with van der Waals surface area (Å²) < 4.78 is 17.6. The summed E-state index contributed by atoms with van der Waals surface area (Å²) >= 11 is 3.42. The summed E-state index contributed by atoms with van der Waals surface area (Å²) in [4.78, 5) is 25.8. The molecule has 0 spiro atoms. The Balaban J connectivity index is 1.54. The molecule has 176 valence electrons. The van der Waals surface area contributed by atoms with Gasteiger partial charge in [-0.2, -0.15) is 0 Å². The van der Waals surface area contributed by atoms with E-state index in [1.165, 1.54) is 6.08 Å². The Morgan fingerprint density at radius 1 is 1.09 bits per heavy atom. The molecule has 2 aromatic carbocycles. The summed E-state index contributed by atoms with van der Waals surface area (Å²) in [6, 6.07) is 17.9. The van der Waals surface area contributed by atoms with Crippen LogP contribution in [0.15, 0.2) is 75.3 Å². The van der Waals surface area contributed by atoms with Crippen LogP contribution >= 0.6 is 15.9 Å². The van der Waals surface area contributed by atoms with E-state index in [2.05, 4.69) is 26.6 Å². The van der Waals surface area contributed by atoms with E-state index < -0.39 is 11.8 Å². The number of carbonyl (C=O) groups excluding carboxylic acids is 2. The Bertz CT molecular complexity index is 1160. The van der Waals surface area contributed by atoms with Gasteiger partial charge in [0.05, 0.1) is 13.2 Å². The van der Waals surface area contributed by atoms with Crippen LogP contribution in [0.2, 0.25) is 0 Å². The minimum atomic E-state index is -0.418. The highest BCUT2D eigenvalue weighted by molar-refractivity contribution is 9.10. The summed E-state index contributed by atoms with van der Waals surface area (Å²) in [6.45, 7) is 1.07. The first-order valence-electron chi connectivity index (χ1n) is 10.9. The van der Waals surface area contributed by atoms with Crippen molar-refractivity contribution >= 4 is 33.8 Å². The number of carbonyl (C=O) groups is 2. The highest BCUT2D eigenvalue weighted by Crippen LogP contribution is 2.25. The first-order valence-corrected chi connectivity index (χ1v) is 11.7. The zero-order valence-electron chi connectivity index (χ0n) is 18.7. The highest BCUT2D eigenvalue weighted by Gasteiger charge is 2.20. The van der Waals surface area contributed by atoms with Crippen molar-refractivity contribution in [1.29, 1.82) is 0 Å². The smallest absolute Gasteiger partial charge is 0.268 e. The van der Waals surface area contributed by atoms with Crippen molar-refractivity contribution in [2.24, 2.45) is 0 Å². The van der Waals surface area contributed by atoms with E-state index in [0.29, 0.717) is 36.0 Å². The van der Waals surface area contributed by atoms with Gasteiger partial charge < -0.3 is 24.5 Å². The number of hydrogen-bond donors (Lipinski definition) is 2. The molecule has 2 heterocycles. The van der Waals surface area contributed by atoms with Crippen molar-refractivity contribution in [2.75, 3.05) is 20.3 Å². The van der Waals surface area contributed by atoms with Crippen LogP contribution in [0.4, 0.5) is 0 Å². The van der Waals surface area contributed by atoms with Crippen molar-refractivity contribution in [1.82, 2.24) is 10.6 Å². The molecule has 0 aliphatic carbocycles. The van der Waals surface area contributed by atoms with Gasteiger partial charge in [0.15, 0.2) is 0 Å². The lowest BCUT2D eigenvalue weighted by atomic mass is 10.2. The van der Waals surface area contributed by atoms with E-state index in [1.807, 2.05) is 30.3 Å². The number of halogens is 1. The molecular formula is C26H25BrN2O5.